The van der Waals surface area contributed by atoms with Crippen molar-refractivity contribution < 1.29 is 43.1 Å². The zero-order valence-corrected chi connectivity index (χ0v) is 33.6. The van der Waals surface area contributed by atoms with Crippen molar-refractivity contribution in [2.75, 3.05) is 66.6 Å². The minimum absolute atomic E-state index is 0.0134. The van der Waals surface area contributed by atoms with Gasteiger partial charge in [0.15, 0.2) is 0 Å². The van der Waals surface area contributed by atoms with Crippen LogP contribution in [-0.2, 0) is 38.0 Å². The van der Waals surface area contributed by atoms with Crippen LogP contribution in [0.1, 0.15) is 67.2 Å². The first kappa shape index (κ1) is 41.0. The molecule has 2 atom stereocenters. The summed E-state index contributed by atoms with van der Waals surface area (Å²) in [6, 6.07) is 0. The topological polar surface area (TPSA) is 159 Å². The average molecular weight is 771 g/mol. The summed E-state index contributed by atoms with van der Waals surface area (Å²) in [5.74, 6) is -0.384. The molecule has 0 spiro atoms. The lowest BCUT2D eigenvalue weighted by Gasteiger charge is -2.17. The van der Waals surface area contributed by atoms with Crippen LogP contribution in [0.5, 0.6) is 0 Å². The van der Waals surface area contributed by atoms with E-state index < -0.39 is 0 Å². The number of esters is 2. The SMILES string of the molecule is CCC1=C(C)C2=NC1=CC1=C(C)C3=C(O)CC(=C4NC(=CC5=NC(=C2)C(COC)=C5C)[C@@H](C)[C@@H]4CCC(=O)OCCOCCOCCOCCOC(C)=O)C3=N1. The Hall–Kier alpha value is -4.69. The van der Waals surface area contributed by atoms with Gasteiger partial charge >= 0.3 is 11.9 Å². The van der Waals surface area contributed by atoms with Gasteiger partial charge in [0.25, 0.3) is 0 Å². The first-order valence-corrected chi connectivity index (χ1v) is 19.5. The standard InChI is InChI=1S/C43H54N4O9/c1-8-29-24(2)34-21-38-32(23-51-7)26(4)33(45-38)20-35-25(3)30(9-10-40(50)56-18-16-54-14-12-52-11-13-53-15-17-55-28(6)48)42(46-35)31-19-39(49)41-27(5)36(47-43(31)41)22-37(29)44-34/h20-22,25,30,46,49H,8-19,23H2,1-7H3/t25-,30-/m0/s1. The van der Waals surface area contributed by atoms with E-state index in [9.17, 15) is 14.7 Å². The summed E-state index contributed by atoms with van der Waals surface area (Å²) in [6.07, 6.45) is 8.13. The molecule has 6 aliphatic rings. The maximum atomic E-state index is 13.0. The number of aliphatic hydroxyl groups is 1. The molecule has 13 nitrogen and oxygen atoms in total. The predicted octanol–water partition coefficient (Wildman–Crippen LogP) is 6.24. The van der Waals surface area contributed by atoms with Crippen molar-refractivity contribution in [1.29, 1.82) is 0 Å². The van der Waals surface area contributed by atoms with Crippen LogP contribution in [0.4, 0.5) is 0 Å². The minimum atomic E-state index is -0.334. The van der Waals surface area contributed by atoms with E-state index in [1.54, 1.807) is 7.11 Å². The minimum Gasteiger partial charge on any atom is -0.511 e. The summed E-state index contributed by atoms with van der Waals surface area (Å²) in [6.45, 7) is 14.7. The van der Waals surface area contributed by atoms with Crippen LogP contribution in [0.3, 0.4) is 0 Å². The van der Waals surface area contributed by atoms with Crippen LogP contribution in [0, 0.1) is 11.8 Å². The largest absolute Gasteiger partial charge is 0.511 e. The van der Waals surface area contributed by atoms with Gasteiger partial charge in [0, 0.05) is 66.8 Å². The molecule has 0 radical (unpaired) electrons. The van der Waals surface area contributed by atoms with Crippen LogP contribution < -0.4 is 5.32 Å². The molecule has 8 bridgehead atoms. The van der Waals surface area contributed by atoms with E-state index in [2.05, 4.69) is 45.2 Å². The molecule has 0 aromatic carbocycles. The number of carbonyl (C=O) groups excluding carboxylic acids is 2. The second-order valence-corrected chi connectivity index (χ2v) is 14.5. The lowest BCUT2D eigenvalue weighted by atomic mass is 9.86. The molecule has 0 unspecified atom stereocenters. The number of aliphatic hydroxyl groups excluding tert-OH is 1. The maximum Gasteiger partial charge on any atom is 0.305 e. The van der Waals surface area contributed by atoms with Crippen molar-refractivity contribution in [2.45, 2.75) is 67.2 Å². The Kier molecular flexibility index (Phi) is 13.5. The molecule has 5 aliphatic heterocycles. The number of hydrogen-bond donors (Lipinski definition) is 2. The number of aliphatic imine (C=N–C) groups is 3. The van der Waals surface area contributed by atoms with Crippen molar-refractivity contribution in [3.8, 4) is 0 Å². The second kappa shape index (κ2) is 18.5. The average Bonchev–Trinajstić information content (AvgIpc) is 3.92. The Morgan fingerprint density at radius 2 is 1.43 bits per heavy atom. The number of rotatable bonds is 18. The van der Waals surface area contributed by atoms with Crippen molar-refractivity contribution in [3.63, 3.8) is 0 Å². The molecule has 0 saturated carbocycles. The zero-order valence-electron chi connectivity index (χ0n) is 33.6. The number of nitrogens with zero attached hydrogens (tertiary/aromatic N) is 3. The molecule has 13 heteroatoms. The van der Waals surface area contributed by atoms with Gasteiger partial charge in [0.1, 0.15) is 19.0 Å². The fraction of sp³-hybridized carbons (Fsp3) is 0.512. The monoisotopic (exact) mass is 770 g/mol. The van der Waals surface area contributed by atoms with Gasteiger partial charge < -0.3 is 38.8 Å². The fourth-order valence-electron chi connectivity index (χ4n) is 7.83. The molecule has 6 rings (SSSR count). The smallest absolute Gasteiger partial charge is 0.305 e. The van der Waals surface area contributed by atoms with Crippen LogP contribution in [0.2, 0.25) is 0 Å². The molecule has 2 N–H and O–H groups in total. The third kappa shape index (κ3) is 8.96. The highest BCUT2D eigenvalue weighted by Crippen LogP contribution is 2.46. The summed E-state index contributed by atoms with van der Waals surface area (Å²) in [4.78, 5) is 39.1. The Labute approximate surface area is 329 Å². The fourth-order valence-corrected chi connectivity index (χ4v) is 7.83. The van der Waals surface area contributed by atoms with E-state index in [-0.39, 0.29) is 50.0 Å². The van der Waals surface area contributed by atoms with Crippen LogP contribution in [0.25, 0.3) is 0 Å². The van der Waals surface area contributed by atoms with Gasteiger partial charge in [0.05, 0.1) is 80.5 Å². The summed E-state index contributed by atoms with van der Waals surface area (Å²) >= 11 is 0. The molecule has 300 valence electrons. The quantitative estimate of drug-likeness (QED) is 0.121. The molecule has 1 aliphatic carbocycles. The molecule has 0 aromatic heterocycles. The summed E-state index contributed by atoms with van der Waals surface area (Å²) in [7, 11) is 1.69. The van der Waals surface area contributed by atoms with E-state index in [1.807, 2.05) is 13.0 Å². The Morgan fingerprint density at radius 1 is 0.821 bits per heavy atom. The van der Waals surface area contributed by atoms with Gasteiger partial charge in [-0.15, -0.1) is 0 Å². The van der Waals surface area contributed by atoms with Gasteiger partial charge in [-0.05, 0) is 74.1 Å². The molecule has 56 heavy (non-hydrogen) atoms. The predicted molar refractivity (Wildman–Crippen MR) is 213 cm³/mol. The van der Waals surface area contributed by atoms with Crippen molar-refractivity contribution in [3.05, 3.63) is 91.5 Å². The molecular formula is C43H54N4O9. The van der Waals surface area contributed by atoms with E-state index in [1.165, 1.54) is 6.92 Å². The second-order valence-electron chi connectivity index (χ2n) is 14.5. The van der Waals surface area contributed by atoms with Gasteiger partial charge in [-0.1, -0.05) is 13.8 Å². The van der Waals surface area contributed by atoms with E-state index in [4.69, 9.17) is 43.4 Å². The lowest BCUT2D eigenvalue weighted by molar-refractivity contribution is -0.145. The molecule has 1 saturated heterocycles. The van der Waals surface area contributed by atoms with E-state index >= 15 is 0 Å². The third-order valence-electron chi connectivity index (χ3n) is 10.9. The number of nitrogens with one attached hydrogen (secondary N) is 1. The highest BCUT2D eigenvalue weighted by molar-refractivity contribution is 6.21. The van der Waals surface area contributed by atoms with E-state index in [0.717, 1.165) is 91.1 Å². The number of methoxy groups -OCH3 is 1. The van der Waals surface area contributed by atoms with Crippen LogP contribution in [0.15, 0.2) is 106 Å². The summed E-state index contributed by atoms with van der Waals surface area (Å²) in [5, 5.41) is 15.1. The van der Waals surface area contributed by atoms with Crippen LogP contribution >= 0.6 is 0 Å². The molecule has 0 aromatic rings. The first-order valence-electron chi connectivity index (χ1n) is 19.5. The number of fused-ring (bicyclic) bond motifs is 5. The molecule has 1 fully saturated rings. The normalized spacial score (nSPS) is 21.4. The molecular weight excluding hydrogens is 716 g/mol. The van der Waals surface area contributed by atoms with Crippen LogP contribution in [-0.4, -0.2) is 101 Å². The number of carbonyl (C=O) groups is 2. The number of allylic oxidation sites excluding steroid dienone is 11. The van der Waals surface area contributed by atoms with Gasteiger partial charge in [-0.25, -0.2) is 15.0 Å². The molecule has 5 heterocycles. The van der Waals surface area contributed by atoms with Gasteiger partial charge in [0.2, 0.25) is 0 Å². The Bertz CT molecular complexity index is 1980. The van der Waals surface area contributed by atoms with E-state index in [0.29, 0.717) is 58.2 Å². The highest BCUT2D eigenvalue weighted by Gasteiger charge is 2.41. The molecule has 0 amide bonds. The highest BCUT2D eigenvalue weighted by atomic mass is 16.6. The number of ether oxygens (including phenoxy) is 6. The third-order valence-corrected chi connectivity index (χ3v) is 10.9. The van der Waals surface area contributed by atoms with Crippen molar-refractivity contribution in [2.24, 2.45) is 26.8 Å². The summed E-state index contributed by atoms with van der Waals surface area (Å²) < 4.78 is 32.4. The maximum absolute atomic E-state index is 13.0. The van der Waals surface area contributed by atoms with Crippen molar-refractivity contribution in [1.82, 2.24) is 5.32 Å². The summed E-state index contributed by atoms with van der Waals surface area (Å²) in [5.41, 5.74) is 13.9. The zero-order chi connectivity index (χ0) is 39.9. The number of hydrogen-bond acceptors (Lipinski definition) is 13. The van der Waals surface area contributed by atoms with Gasteiger partial charge in [-0.2, -0.15) is 0 Å². The first-order chi connectivity index (χ1) is 27.0. The van der Waals surface area contributed by atoms with Gasteiger partial charge in [-0.3, -0.25) is 9.59 Å². The Morgan fingerprint density at radius 3 is 2.07 bits per heavy atom. The van der Waals surface area contributed by atoms with Crippen molar-refractivity contribution >= 4 is 29.1 Å². The Balaban J connectivity index is 1.16. The lowest BCUT2D eigenvalue weighted by Crippen LogP contribution is -2.17.